The molecule has 2 rings (SSSR count). The first-order valence-electron chi connectivity index (χ1n) is 6.49. The van der Waals surface area contributed by atoms with E-state index in [0.29, 0.717) is 16.0 Å². The Morgan fingerprint density at radius 3 is 2.59 bits per heavy atom. The van der Waals surface area contributed by atoms with E-state index >= 15 is 0 Å². The van der Waals surface area contributed by atoms with Gasteiger partial charge >= 0.3 is 0 Å². The van der Waals surface area contributed by atoms with Crippen molar-refractivity contribution in [2.45, 2.75) is 13.8 Å². The van der Waals surface area contributed by atoms with Gasteiger partial charge in [-0.25, -0.2) is 0 Å². The fourth-order valence-electron chi connectivity index (χ4n) is 1.62. The van der Waals surface area contributed by atoms with E-state index in [1.807, 2.05) is 26.0 Å². The minimum Gasteiger partial charge on any atom is -0.484 e. The van der Waals surface area contributed by atoms with E-state index in [1.54, 1.807) is 6.07 Å². The number of hydrogen-bond acceptors (Lipinski definition) is 4. The van der Waals surface area contributed by atoms with Gasteiger partial charge in [0.1, 0.15) is 12.0 Å². The molecule has 0 saturated carbocycles. The zero-order valence-corrected chi connectivity index (χ0v) is 13.7. The van der Waals surface area contributed by atoms with Gasteiger partial charge in [0.25, 0.3) is 11.8 Å². The molecule has 0 radical (unpaired) electrons. The second kappa shape index (κ2) is 7.13. The Bertz CT molecular complexity index is 697. The van der Waals surface area contributed by atoms with Crippen LogP contribution in [0.1, 0.15) is 21.5 Å². The molecule has 7 heteroatoms. The molecule has 2 N–H and O–H groups in total. The van der Waals surface area contributed by atoms with Gasteiger partial charge in [0.2, 0.25) is 0 Å². The summed E-state index contributed by atoms with van der Waals surface area (Å²) in [6, 6.07) is 7.05. The van der Waals surface area contributed by atoms with Crippen LogP contribution in [0.15, 0.2) is 39.6 Å². The number of rotatable bonds is 4. The molecule has 0 spiro atoms. The molecule has 2 amide bonds. The number of carbonyl (C=O) groups excluding carboxylic acids is 2. The Hall–Kier alpha value is -2.28. The van der Waals surface area contributed by atoms with E-state index in [2.05, 4.69) is 26.8 Å². The van der Waals surface area contributed by atoms with Crippen molar-refractivity contribution in [3.63, 3.8) is 0 Å². The highest BCUT2D eigenvalue weighted by Crippen LogP contribution is 2.16. The maximum absolute atomic E-state index is 11.7. The molecule has 2 aromatic rings. The van der Waals surface area contributed by atoms with E-state index in [-0.39, 0.29) is 6.61 Å². The summed E-state index contributed by atoms with van der Waals surface area (Å²) in [7, 11) is 0. The lowest BCUT2D eigenvalue weighted by molar-refractivity contribution is -0.123. The van der Waals surface area contributed by atoms with Crippen LogP contribution >= 0.6 is 15.9 Å². The summed E-state index contributed by atoms with van der Waals surface area (Å²) < 4.78 is 10.7. The molecule has 0 aliphatic heterocycles. The van der Waals surface area contributed by atoms with E-state index in [4.69, 9.17) is 9.15 Å². The van der Waals surface area contributed by atoms with Crippen LogP contribution in [0.2, 0.25) is 0 Å². The quantitative estimate of drug-likeness (QED) is 0.814. The number of amides is 2. The van der Waals surface area contributed by atoms with Crippen molar-refractivity contribution < 1.29 is 18.7 Å². The van der Waals surface area contributed by atoms with Crippen molar-refractivity contribution in [3.8, 4) is 5.75 Å². The van der Waals surface area contributed by atoms with Gasteiger partial charge in [-0.3, -0.25) is 20.4 Å². The number of hydrogen-bond donors (Lipinski definition) is 2. The summed E-state index contributed by atoms with van der Waals surface area (Å²) in [6.45, 7) is 3.76. The molecule has 0 aliphatic rings. The highest BCUT2D eigenvalue weighted by atomic mass is 79.9. The Kier molecular flexibility index (Phi) is 5.21. The van der Waals surface area contributed by atoms with Gasteiger partial charge in [0, 0.05) is 6.07 Å². The predicted molar refractivity (Wildman–Crippen MR) is 83.4 cm³/mol. The molecule has 116 valence electrons. The summed E-state index contributed by atoms with van der Waals surface area (Å²) in [5.41, 5.74) is 7.06. The minimum atomic E-state index is -0.478. The zero-order chi connectivity index (χ0) is 16.1. The molecule has 1 aromatic carbocycles. The average molecular weight is 367 g/mol. The molecule has 0 bridgehead atoms. The van der Waals surface area contributed by atoms with Crippen LogP contribution in [0.5, 0.6) is 5.75 Å². The van der Waals surface area contributed by atoms with Crippen LogP contribution in [0.25, 0.3) is 0 Å². The Morgan fingerprint density at radius 1 is 1.18 bits per heavy atom. The van der Waals surface area contributed by atoms with Gasteiger partial charge in [-0.15, -0.1) is 0 Å². The molecule has 1 heterocycles. The number of carbonyl (C=O) groups is 2. The largest absolute Gasteiger partial charge is 0.484 e. The highest BCUT2D eigenvalue weighted by molar-refractivity contribution is 9.10. The van der Waals surface area contributed by atoms with Gasteiger partial charge in [-0.1, -0.05) is 6.07 Å². The van der Waals surface area contributed by atoms with E-state index in [0.717, 1.165) is 11.1 Å². The summed E-state index contributed by atoms with van der Waals surface area (Å²) in [4.78, 5) is 23.3. The van der Waals surface area contributed by atoms with Crippen LogP contribution in [0, 0.1) is 13.8 Å². The lowest BCUT2D eigenvalue weighted by Crippen LogP contribution is -2.43. The Labute approximate surface area is 135 Å². The van der Waals surface area contributed by atoms with E-state index in [9.17, 15) is 9.59 Å². The smallest absolute Gasteiger partial charge is 0.276 e. The third-order valence-corrected chi connectivity index (χ3v) is 3.41. The third kappa shape index (κ3) is 4.36. The summed E-state index contributed by atoms with van der Waals surface area (Å²) >= 11 is 3.09. The molecule has 22 heavy (non-hydrogen) atoms. The molecule has 0 saturated heterocycles. The first-order valence-corrected chi connectivity index (χ1v) is 7.28. The summed E-state index contributed by atoms with van der Waals surface area (Å²) in [6.07, 6.45) is 1.27. The SMILES string of the molecule is Cc1ccc(OCC(=O)NNC(=O)c2coc(Br)c2)cc1C. The van der Waals surface area contributed by atoms with Crippen LogP contribution in [-0.2, 0) is 4.79 Å². The van der Waals surface area contributed by atoms with Crippen molar-refractivity contribution in [3.05, 3.63) is 51.9 Å². The molecule has 0 aliphatic carbocycles. The molecular weight excluding hydrogens is 352 g/mol. The zero-order valence-electron chi connectivity index (χ0n) is 12.1. The predicted octanol–water partition coefficient (Wildman–Crippen LogP) is 2.50. The summed E-state index contributed by atoms with van der Waals surface area (Å²) in [5, 5.41) is 0. The van der Waals surface area contributed by atoms with Gasteiger partial charge in [-0.05, 0) is 53.0 Å². The number of aryl methyl sites for hydroxylation is 2. The molecule has 0 atom stereocenters. The van der Waals surface area contributed by atoms with E-state index in [1.165, 1.54) is 12.3 Å². The topological polar surface area (TPSA) is 80.6 Å². The van der Waals surface area contributed by atoms with Crippen LogP contribution in [0.3, 0.4) is 0 Å². The normalized spacial score (nSPS) is 10.1. The number of ether oxygens (including phenoxy) is 1. The van der Waals surface area contributed by atoms with Crippen LogP contribution < -0.4 is 15.6 Å². The Balaban J connectivity index is 1.78. The maximum atomic E-state index is 11.7. The number of hydrazine groups is 1. The monoisotopic (exact) mass is 366 g/mol. The van der Waals surface area contributed by atoms with E-state index < -0.39 is 11.8 Å². The lowest BCUT2D eigenvalue weighted by Gasteiger charge is -2.09. The Morgan fingerprint density at radius 2 is 1.95 bits per heavy atom. The fraction of sp³-hybridized carbons (Fsp3) is 0.200. The van der Waals surface area contributed by atoms with Crippen molar-refractivity contribution in [1.82, 2.24) is 10.9 Å². The van der Waals surface area contributed by atoms with Gasteiger partial charge in [-0.2, -0.15) is 0 Å². The number of furan rings is 1. The van der Waals surface area contributed by atoms with Gasteiger partial charge in [0.05, 0.1) is 5.56 Å². The molecule has 0 fully saturated rings. The minimum absolute atomic E-state index is 0.197. The highest BCUT2D eigenvalue weighted by Gasteiger charge is 2.10. The maximum Gasteiger partial charge on any atom is 0.276 e. The van der Waals surface area contributed by atoms with Crippen molar-refractivity contribution in [2.24, 2.45) is 0 Å². The van der Waals surface area contributed by atoms with Crippen molar-refractivity contribution in [1.29, 1.82) is 0 Å². The summed E-state index contributed by atoms with van der Waals surface area (Å²) in [5.74, 6) is -0.341. The standard InChI is InChI=1S/C15H15BrN2O4/c1-9-3-4-12(5-10(9)2)21-8-14(19)17-18-15(20)11-6-13(16)22-7-11/h3-7H,8H2,1-2H3,(H,17,19)(H,18,20). The van der Waals surface area contributed by atoms with Crippen LogP contribution in [-0.4, -0.2) is 18.4 Å². The average Bonchev–Trinajstić information content (AvgIpc) is 2.92. The molecule has 0 unspecified atom stereocenters. The second-order valence-electron chi connectivity index (χ2n) is 4.68. The van der Waals surface area contributed by atoms with Gasteiger partial charge < -0.3 is 9.15 Å². The fourth-order valence-corrected chi connectivity index (χ4v) is 1.96. The molecule has 1 aromatic heterocycles. The van der Waals surface area contributed by atoms with Crippen molar-refractivity contribution in [2.75, 3.05) is 6.61 Å². The van der Waals surface area contributed by atoms with Gasteiger partial charge in [0.15, 0.2) is 11.3 Å². The van der Waals surface area contributed by atoms with Crippen LogP contribution in [0.4, 0.5) is 0 Å². The number of halogens is 1. The van der Waals surface area contributed by atoms with Crippen molar-refractivity contribution >= 4 is 27.7 Å². The lowest BCUT2D eigenvalue weighted by atomic mass is 10.1. The number of benzene rings is 1. The molecule has 6 nitrogen and oxygen atoms in total. The molecular formula is C15H15BrN2O4. The third-order valence-electron chi connectivity index (χ3n) is 2.99. The number of nitrogens with one attached hydrogen (secondary N) is 2. The first kappa shape index (κ1) is 16.1. The second-order valence-corrected chi connectivity index (χ2v) is 5.46. The first-order chi connectivity index (χ1) is 10.5.